The number of fused-ring (bicyclic) bond motifs is 1. The number of imidazole rings is 1. The van der Waals surface area contributed by atoms with Crippen molar-refractivity contribution >= 4 is 43.9 Å². The number of hydrogen-bond donors (Lipinski definition) is 2. The van der Waals surface area contributed by atoms with Crippen molar-refractivity contribution in [3.8, 4) is 0 Å². The van der Waals surface area contributed by atoms with Gasteiger partial charge in [-0.05, 0) is 30.7 Å². The van der Waals surface area contributed by atoms with Gasteiger partial charge in [-0.25, -0.2) is 4.98 Å². The van der Waals surface area contributed by atoms with Crippen LogP contribution < -0.4 is 15.5 Å². The zero-order valence-corrected chi connectivity index (χ0v) is 16.9. The van der Waals surface area contributed by atoms with Crippen LogP contribution in [0.2, 0.25) is 0 Å². The molecule has 4 rings (SSSR count). The number of nitrogens with one attached hydrogen (secondary N) is 2. The Morgan fingerprint density at radius 1 is 1.38 bits per heavy atom. The molecular weight excluding hydrogens is 412 g/mol. The fourth-order valence-corrected chi connectivity index (χ4v) is 4.17. The first-order valence-corrected chi connectivity index (χ1v) is 10.3. The Bertz CT molecular complexity index is 871. The van der Waals surface area contributed by atoms with Crippen LogP contribution in [-0.4, -0.2) is 41.5 Å². The fraction of sp³-hybridized carbons (Fsp3) is 0.333. The number of thiazole rings is 1. The summed E-state index contributed by atoms with van der Waals surface area (Å²) in [5.74, 6) is 0.823. The topological polar surface area (TPSA) is 57.0 Å². The molecule has 1 saturated heterocycles. The van der Waals surface area contributed by atoms with E-state index >= 15 is 0 Å². The molecule has 2 N–H and O–H groups in total. The van der Waals surface area contributed by atoms with E-state index in [9.17, 15) is 0 Å². The number of rotatable bonds is 4. The molecule has 0 spiro atoms. The van der Waals surface area contributed by atoms with Gasteiger partial charge in [0.1, 0.15) is 0 Å². The second-order valence-corrected chi connectivity index (χ2v) is 8.09. The first-order chi connectivity index (χ1) is 12.7. The first kappa shape index (κ1) is 17.4. The predicted molar refractivity (Wildman–Crippen MR) is 111 cm³/mol. The van der Waals surface area contributed by atoms with Crippen molar-refractivity contribution in [1.82, 2.24) is 20.0 Å². The van der Waals surface area contributed by atoms with Crippen LogP contribution in [0.4, 0.5) is 5.69 Å². The van der Waals surface area contributed by atoms with E-state index in [1.807, 2.05) is 23.0 Å². The zero-order chi connectivity index (χ0) is 17.9. The molecule has 26 heavy (non-hydrogen) atoms. The number of aliphatic imine (C=N–C) groups is 1. The van der Waals surface area contributed by atoms with Gasteiger partial charge < -0.3 is 15.5 Å². The molecule has 1 fully saturated rings. The smallest absolute Gasteiger partial charge is 0.193 e. The van der Waals surface area contributed by atoms with E-state index in [4.69, 9.17) is 0 Å². The van der Waals surface area contributed by atoms with Gasteiger partial charge in [0.25, 0.3) is 0 Å². The summed E-state index contributed by atoms with van der Waals surface area (Å²) in [6, 6.07) is 8.88. The van der Waals surface area contributed by atoms with Crippen molar-refractivity contribution in [2.45, 2.75) is 19.0 Å². The zero-order valence-electron chi connectivity index (χ0n) is 14.5. The largest absolute Gasteiger partial charge is 0.369 e. The molecule has 8 heteroatoms. The van der Waals surface area contributed by atoms with Crippen molar-refractivity contribution in [3.63, 3.8) is 0 Å². The molecule has 1 aromatic carbocycles. The molecule has 0 bridgehead atoms. The van der Waals surface area contributed by atoms with Crippen molar-refractivity contribution < 1.29 is 0 Å². The highest BCUT2D eigenvalue weighted by Crippen LogP contribution is 2.22. The normalized spacial score (nSPS) is 17.8. The summed E-state index contributed by atoms with van der Waals surface area (Å²) < 4.78 is 3.16. The lowest BCUT2D eigenvalue weighted by molar-refractivity contribution is 0.647. The highest BCUT2D eigenvalue weighted by Gasteiger charge is 2.23. The Kier molecular flexibility index (Phi) is 5.12. The van der Waals surface area contributed by atoms with Crippen LogP contribution in [0.1, 0.15) is 12.1 Å². The monoisotopic (exact) mass is 432 g/mol. The fourth-order valence-electron chi connectivity index (χ4n) is 3.19. The van der Waals surface area contributed by atoms with E-state index in [2.05, 4.69) is 71.9 Å². The Morgan fingerprint density at radius 2 is 2.23 bits per heavy atom. The molecule has 2 aromatic heterocycles. The average Bonchev–Trinajstić information content (AvgIpc) is 3.35. The molecule has 0 aliphatic carbocycles. The van der Waals surface area contributed by atoms with Gasteiger partial charge in [-0.15, -0.1) is 11.3 Å². The first-order valence-electron chi connectivity index (χ1n) is 8.60. The summed E-state index contributed by atoms with van der Waals surface area (Å²) >= 11 is 5.14. The van der Waals surface area contributed by atoms with Crippen molar-refractivity contribution in [1.29, 1.82) is 0 Å². The van der Waals surface area contributed by atoms with Gasteiger partial charge in [-0.2, -0.15) is 0 Å². The van der Waals surface area contributed by atoms with Gasteiger partial charge in [0.15, 0.2) is 10.9 Å². The minimum Gasteiger partial charge on any atom is -0.369 e. The molecule has 0 saturated carbocycles. The lowest BCUT2D eigenvalue weighted by atomic mass is 10.3. The minimum absolute atomic E-state index is 0.385. The van der Waals surface area contributed by atoms with Crippen LogP contribution in [-0.2, 0) is 6.54 Å². The third kappa shape index (κ3) is 3.86. The number of hydrogen-bond acceptors (Lipinski definition) is 4. The lowest BCUT2D eigenvalue weighted by Crippen LogP contribution is -2.44. The maximum Gasteiger partial charge on any atom is 0.193 e. The quantitative estimate of drug-likeness (QED) is 0.491. The Morgan fingerprint density at radius 3 is 3.00 bits per heavy atom. The number of anilines is 1. The van der Waals surface area contributed by atoms with Crippen molar-refractivity contribution in [2.75, 3.05) is 25.0 Å². The number of guanidine groups is 1. The van der Waals surface area contributed by atoms with E-state index in [1.54, 1.807) is 11.3 Å². The summed E-state index contributed by atoms with van der Waals surface area (Å²) in [7, 11) is 1.81. The molecule has 1 unspecified atom stereocenters. The highest BCUT2D eigenvalue weighted by molar-refractivity contribution is 9.10. The second kappa shape index (κ2) is 7.67. The molecule has 1 aliphatic rings. The summed E-state index contributed by atoms with van der Waals surface area (Å²) in [6.07, 6.45) is 5.17. The molecule has 3 heterocycles. The summed E-state index contributed by atoms with van der Waals surface area (Å²) in [4.78, 5) is 12.4. The highest BCUT2D eigenvalue weighted by atomic mass is 79.9. The van der Waals surface area contributed by atoms with Gasteiger partial charge in [0, 0.05) is 54.1 Å². The molecular formula is C18H21BrN6S. The number of nitrogens with zero attached hydrogens (tertiary/aromatic N) is 4. The van der Waals surface area contributed by atoms with E-state index in [0.717, 1.165) is 40.6 Å². The SMILES string of the molecule is CN=C(NCc1cn2ccsc2n1)NC1CCN(c2ccc(Br)cc2)C1. The van der Waals surface area contributed by atoms with Crippen LogP contribution >= 0.6 is 27.3 Å². The maximum atomic E-state index is 4.59. The Labute approximate surface area is 165 Å². The molecule has 0 amide bonds. The molecule has 136 valence electrons. The third-order valence-corrected chi connectivity index (χ3v) is 5.82. The van der Waals surface area contributed by atoms with Crippen LogP contribution in [0, 0.1) is 0 Å². The summed E-state index contributed by atoms with van der Waals surface area (Å²) in [6.45, 7) is 2.69. The van der Waals surface area contributed by atoms with Crippen LogP contribution in [0.5, 0.6) is 0 Å². The van der Waals surface area contributed by atoms with Crippen molar-refractivity contribution in [3.05, 3.63) is 52.2 Å². The van der Waals surface area contributed by atoms with Crippen molar-refractivity contribution in [2.24, 2.45) is 4.99 Å². The Hall–Kier alpha value is -2.06. The van der Waals surface area contributed by atoms with Gasteiger partial charge in [-0.1, -0.05) is 15.9 Å². The lowest BCUT2D eigenvalue weighted by Gasteiger charge is -2.20. The van der Waals surface area contributed by atoms with Gasteiger partial charge in [0.05, 0.1) is 12.2 Å². The average molecular weight is 433 g/mol. The van der Waals surface area contributed by atoms with Crippen LogP contribution in [0.25, 0.3) is 4.96 Å². The predicted octanol–water partition coefficient (Wildman–Crippen LogP) is 3.10. The number of halogens is 1. The minimum atomic E-state index is 0.385. The maximum absolute atomic E-state index is 4.59. The molecule has 1 atom stereocenters. The summed E-state index contributed by atoms with van der Waals surface area (Å²) in [5, 5.41) is 8.94. The Balaban J connectivity index is 1.31. The van der Waals surface area contributed by atoms with Crippen LogP contribution in [0.15, 0.2) is 51.5 Å². The standard InChI is InChI=1S/C18H21BrN6S/c1-20-17(21-10-15-12-25-8-9-26-18(25)23-15)22-14-6-7-24(11-14)16-4-2-13(19)3-5-16/h2-5,8-9,12,14H,6-7,10-11H2,1H3,(H2,20,21,22). The summed E-state index contributed by atoms with van der Waals surface area (Å²) in [5.41, 5.74) is 2.28. The molecule has 3 aromatic rings. The van der Waals surface area contributed by atoms with Crippen LogP contribution in [0.3, 0.4) is 0 Å². The number of aromatic nitrogens is 2. The van der Waals surface area contributed by atoms with Gasteiger partial charge >= 0.3 is 0 Å². The second-order valence-electron chi connectivity index (χ2n) is 6.30. The third-order valence-electron chi connectivity index (χ3n) is 4.52. The van der Waals surface area contributed by atoms with Gasteiger partial charge in [-0.3, -0.25) is 9.39 Å². The number of benzene rings is 1. The molecule has 1 aliphatic heterocycles. The van der Waals surface area contributed by atoms with E-state index in [0.29, 0.717) is 12.6 Å². The van der Waals surface area contributed by atoms with Gasteiger partial charge in [0.2, 0.25) is 0 Å². The molecule has 6 nitrogen and oxygen atoms in total. The van der Waals surface area contributed by atoms with E-state index in [1.165, 1.54) is 5.69 Å². The van der Waals surface area contributed by atoms with E-state index < -0.39 is 0 Å². The molecule has 0 radical (unpaired) electrons. The van der Waals surface area contributed by atoms with E-state index in [-0.39, 0.29) is 0 Å².